The lowest BCUT2D eigenvalue weighted by molar-refractivity contribution is 0.366. The SMILES string of the molecule is O=c1oc2cc(Br)ccc2n1Cc1noc2c1CCCC2. The number of hydrogen-bond acceptors (Lipinski definition) is 4. The number of halogens is 1. The van der Waals surface area contributed by atoms with E-state index in [1.807, 2.05) is 12.1 Å². The van der Waals surface area contributed by atoms with Crippen molar-refractivity contribution in [2.75, 3.05) is 0 Å². The van der Waals surface area contributed by atoms with Crippen LogP contribution in [0.2, 0.25) is 0 Å². The van der Waals surface area contributed by atoms with E-state index in [9.17, 15) is 4.79 Å². The highest BCUT2D eigenvalue weighted by Crippen LogP contribution is 2.26. The van der Waals surface area contributed by atoms with Gasteiger partial charge in [-0.3, -0.25) is 4.57 Å². The summed E-state index contributed by atoms with van der Waals surface area (Å²) in [6, 6.07) is 5.56. The molecule has 1 aliphatic carbocycles. The average molecular weight is 349 g/mol. The minimum Gasteiger partial charge on any atom is -0.408 e. The normalized spacial score (nSPS) is 14.5. The van der Waals surface area contributed by atoms with Crippen LogP contribution in [0.1, 0.15) is 29.9 Å². The summed E-state index contributed by atoms with van der Waals surface area (Å²) >= 11 is 3.38. The van der Waals surface area contributed by atoms with Crippen molar-refractivity contribution in [1.29, 1.82) is 0 Å². The van der Waals surface area contributed by atoms with Crippen LogP contribution in [-0.2, 0) is 19.4 Å². The molecular formula is C15H13BrN2O3. The Morgan fingerprint density at radius 3 is 3.05 bits per heavy atom. The molecule has 0 aliphatic heterocycles. The van der Waals surface area contributed by atoms with Gasteiger partial charge in [-0.25, -0.2) is 4.79 Å². The summed E-state index contributed by atoms with van der Waals surface area (Å²) in [5, 5.41) is 4.15. The Kier molecular flexibility index (Phi) is 2.99. The number of hydrogen-bond donors (Lipinski definition) is 0. The molecule has 0 saturated heterocycles. The lowest BCUT2D eigenvalue weighted by atomic mass is 9.96. The molecule has 0 saturated carbocycles. The van der Waals surface area contributed by atoms with E-state index in [-0.39, 0.29) is 5.76 Å². The van der Waals surface area contributed by atoms with Gasteiger partial charge in [0, 0.05) is 16.5 Å². The molecule has 0 radical (unpaired) electrons. The summed E-state index contributed by atoms with van der Waals surface area (Å²) in [4.78, 5) is 12.1. The first-order valence-corrected chi connectivity index (χ1v) is 7.77. The highest BCUT2D eigenvalue weighted by Gasteiger charge is 2.21. The minimum absolute atomic E-state index is 0.365. The monoisotopic (exact) mass is 348 g/mol. The van der Waals surface area contributed by atoms with Crippen LogP contribution in [0.3, 0.4) is 0 Å². The second-order valence-corrected chi connectivity index (χ2v) is 6.22. The van der Waals surface area contributed by atoms with E-state index in [0.717, 1.165) is 47.1 Å². The summed E-state index contributed by atoms with van der Waals surface area (Å²) in [7, 11) is 0. The fourth-order valence-electron chi connectivity index (χ4n) is 2.91. The van der Waals surface area contributed by atoms with E-state index in [1.54, 1.807) is 10.6 Å². The van der Waals surface area contributed by atoms with Gasteiger partial charge in [0.15, 0.2) is 5.58 Å². The predicted octanol–water partition coefficient (Wildman–Crippen LogP) is 3.27. The van der Waals surface area contributed by atoms with Gasteiger partial charge in [0.25, 0.3) is 0 Å². The quantitative estimate of drug-likeness (QED) is 0.712. The van der Waals surface area contributed by atoms with Crippen LogP contribution in [0, 0.1) is 0 Å². The molecule has 0 spiro atoms. The highest BCUT2D eigenvalue weighted by atomic mass is 79.9. The Morgan fingerprint density at radius 2 is 2.14 bits per heavy atom. The summed E-state index contributed by atoms with van der Waals surface area (Å²) < 4.78 is 13.2. The van der Waals surface area contributed by atoms with E-state index in [1.165, 1.54) is 5.56 Å². The lowest BCUT2D eigenvalue weighted by Crippen LogP contribution is -2.16. The van der Waals surface area contributed by atoms with Gasteiger partial charge < -0.3 is 8.94 Å². The zero-order valence-electron chi connectivity index (χ0n) is 11.3. The molecule has 0 fully saturated rings. The number of benzene rings is 1. The van der Waals surface area contributed by atoms with Crippen LogP contribution >= 0.6 is 15.9 Å². The molecule has 21 heavy (non-hydrogen) atoms. The van der Waals surface area contributed by atoms with Crippen LogP contribution < -0.4 is 5.76 Å². The maximum absolute atomic E-state index is 12.1. The van der Waals surface area contributed by atoms with E-state index in [0.29, 0.717) is 12.1 Å². The summed E-state index contributed by atoms with van der Waals surface area (Å²) in [5.74, 6) is 0.607. The Morgan fingerprint density at radius 1 is 1.29 bits per heavy atom. The second kappa shape index (κ2) is 4.87. The van der Waals surface area contributed by atoms with Crippen molar-refractivity contribution in [1.82, 2.24) is 9.72 Å². The van der Waals surface area contributed by atoms with Crippen molar-refractivity contribution in [2.24, 2.45) is 0 Å². The van der Waals surface area contributed by atoms with Crippen LogP contribution in [0.25, 0.3) is 11.1 Å². The number of aryl methyl sites for hydroxylation is 1. The van der Waals surface area contributed by atoms with Gasteiger partial charge in [0.2, 0.25) is 0 Å². The van der Waals surface area contributed by atoms with Gasteiger partial charge in [0.05, 0.1) is 12.1 Å². The molecule has 5 nitrogen and oxygen atoms in total. The molecule has 0 bridgehead atoms. The van der Waals surface area contributed by atoms with Crippen molar-refractivity contribution in [2.45, 2.75) is 32.2 Å². The molecule has 0 atom stereocenters. The predicted molar refractivity (Wildman–Crippen MR) is 80.4 cm³/mol. The fraction of sp³-hybridized carbons (Fsp3) is 0.333. The molecule has 2 heterocycles. The smallest absolute Gasteiger partial charge is 0.408 e. The Bertz CT molecular complexity index is 875. The molecule has 3 aromatic rings. The molecule has 0 unspecified atom stereocenters. The Hall–Kier alpha value is -1.82. The molecule has 6 heteroatoms. The molecule has 0 N–H and O–H groups in total. The summed E-state index contributed by atoms with van der Waals surface area (Å²) in [6.45, 7) is 0.395. The number of oxazole rings is 1. The molecule has 1 aromatic carbocycles. The van der Waals surface area contributed by atoms with Gasteiger partial charge in [-0.05, 0) is 37.5 Å². The van der Waals surface area contributed by atoms with E-state index >= 15 is 0 Å². The molecule has 2 aromatic heterocycles. The van der Waals surface area contributed by atoms with Crippen LogP contribution in [-0.4, -0.2) is 9.72 Å². The zero-order chi connectivity index (χ0) is 14.4. The van der Waals surface area contributed by atoms with Gasteiger partial charge in [-0.15, -0.1) is 0 Å². The summed E-state index contributed by atoms with van der Waals surface area (Å²) in [5.41, 5.74) is 3.36. The van der Waals surface area contributed by atoms with E-state index in [2.05, 4.69) is 21.1 Å². The zero-order valence-corrected chi connectivity index (χ0v) is 12.9. The molecular weight excluding hydrogens is 336 g/mol. The van der Waals surface area contributed by atoms with Gasteiger partial charge in [-0.2, -0.15) is 0 Å². The minimum atomic E-state index is -0.365. The third-order valence-corrected chi connectivity index (χ3v) is 4.46. The largest absolute Gasteiger partial charge is 0.420 e. The molecule has 108 valence electrons. The highest BCUT2D eigenvalue weighted by molar-refractivity contribution is 9.10. The maximum atomic E-state index is 12.1. The van der Waals surface area contributed by atoms with Crippen LogP contribution in [0.5, 0.6) is 0 Å². The first kappa shape index (κ1) is 12.9. The third-order valence-electron chi connectivity index (χ3n) is 3.97. The second-order valence-electron chi connectivity index (χ2n) is 5.30. The standard InChI is InChI=1S/C15H13BrN2O3/c16-9-5-6-12-14(7-9)20-15(19)18(12)8-11-10-3-1-2-4-13(10)21-17-11/h5-7H,1-4,8H2. The third kappa shape index (κ3) is 2.14. The first-order chi connectivity index (χ1) is 10.2. The lowest BCUT2D eigenvalue weighted by Gasteiger charge is -2.09. The molecule has 1 aliphatic rings. The van der Waals surface area contributed by atoms with Crippen molar-refractivity contribution >= 4 is 27.0 Å². The first-order valence-electron chi connectivity index (χ1n) is 6.97. The maximum Gasteiger partial charge on any atom is 0.420 e. The topological polar surface area (TPSA) is 61.2 Å². The molecule has 0 amide bonds. The number of fused-ring (bicyclic) bond motifs is 2. The molecule has 4 rings (SSSR count). The van der Waals surface area contributed by atoms with Crippen molar-refractivity contribution in [3.8, 4) is 0 Å². The van der Waals surface area contributed by atoms with Crippen molar-refractivity contribution in [3.63, 3.8) is 0 Å². The van der Waals surface area contributed by atoms with Gasteiger partial charge in [0.1, 0.15) is 11.5 Å². The fourth-order valence-corrected chi connectivity index (χ4v) is 3.25. The van der Waals surface area contributed by atoms with Crippen molar-refractivity contribution < 1.29 is 8.94 Å². The number of nitrogens with zero attached hydrogens (tertiary/aromatic N) is 2. The van der Waals surface area contributed by atoms with E-state index < -0.39 is 0 Å². The Labute approximate surface area is 128 Å². The van der Waals surface area contributed by atoms with Gasteiger partial charge in [-0.1, -0.05) is 21.1 Å². The van der Waals surface area contributed by atoms with Crippen LogP contribution in [0.15, 0.2) is 36.4 Å². The van der Waals surface area contributed by atoms with E-state index in [4.69, 9.17) is 8.94 Å². The Balaban J connectivity index is 1.79. The number of aromatic nitrogens is 2. The average Bonchev–Trinajstić information content (AvgIpc) is 3.01. The van der Waals surface area contributed by atoms with Crippen LogP contribution in [0.4, 0.5) is 0 Å². The summed E-state index contributed by atoms with van der Waals surface area (Å²) in [6.07, 6.45) is 4.21. The van der Waals surface area contributed by atoms with Gasteiger partial charge >= 0.3 is 5.76 Å². The number of rotatable bonds is 2. The van der Waals surface area contributed by atoms with Crippen molar-refractivity contribution in [3.05, 3.63) is 50.2 Å².